The first-order valence-corrected chi connectivity index (χ1v) is 14.0. The van der Waals surface area contributed by atoms with Gasteiger partial charge in [-0.3, -0.25) is 4.99 Å². The molecular formula is C33H41N7. The third-order valence-corrected chi connectivity index (χ3v) is 8.31. The normalized spacial score (nSPS) is 17.3. The lowest BCUT2D eigenvalue weighted by Gasteiger charge is -2.39. The molecule has 0 amide bonds. The Labute approximate surface area is 237 Å². The van der Waals surface area contributed by atoms with Gasteiger partial charge >= 0.3 is 0 Å². The summed E-state index contributed by atoms with van der Waals surface area (Å²) in [5.74, 6) is 0. The van der Waals surface area contributed by atoms with Gasteiger partial charge in [-0.15, -0.1) is 0 Å². The Hall–Kier alpha value is -4.10. The van der Waals surface area contributed by atoms with Crippen LogP contribution in [0.15, 0.2) is 65.4 Å². The second kappa shape index (κ2) is 11.2. The summed E-state index contributed by atoms with van der Waals surface area (Å²) >= 11 is 0. The van der Waals surface area contributed by atoms with Gasteiger partial charge < -0.3 is 25.8 Å². The van der Waals surface area contributed by atoms with Crippen molar-refractivity contribution in [1.82, 2.24) is 14.9 Å². The highest BCUT2D eigenvalue weighted by Crippen LogP contribution is 2.40. The number of piperazine rings is 1. The molecule has 0 spiro atoms. The van der Waals surface area contributed by atoms with Crippen LogP contribution < -0.4 is 16.0 Å². The number of pyridine rings is 1. The van der Waals surface area contributed by atoms with Gasteiger partial charge in [-0.25, -0.2) is 4.98 Å². The number of nitrogens with two attached hydrogens (primary N) is 1. The van der Waals surface area contributed by atoms with E-state index in [-0.39, 0.29) is 0 Å². The third kappa shape index (κ3) is 5.09. The maximum absolute atomic E-state index is 6.33. The summed E-state index contributed by atoms with van der Waals surface area (Å²) in [4.78, 5) is 17.8. The van der Waals surface area contributed by atoms with E-state index in [0.29, 0.717) is 6.04 Å². The minimum atomic E-state index is 0.536. The molecule has 4 aromatic rings. The van der Waals surface area contributed by atoms with Gasteiger partial charge in [0.05, 0.1) is 5.69 Å². The minimum absolute atomic E-state index is 0.536. The quantitative estimate of drug-likeness (QED) is 0.257. The number of aromatic nitrogens is 2. The number of rotatable bonds is 6. The number of nitrogens with one attached hydrogen (secondary N) is 2. The molecule has 0 unspecified atom stereocenters. The lowest BCUT2D eigenvalue weighted by Crippen LogP contribution is -2.50. The number of hydrogen-bond donors (Lipinski definition) is 3. The number of nitrogens with zero attached hydrogens (tertiary/aromatic N) is 4. The molecule has 2 aromatic heterocycles. The minimum Gasteiger partial charge on any atom is -0.402 e. The number of anilines is 2. The van der Waals surface area contributed by atoms with Gasteiger partial charge in [-0.1, -0.05) is 24.3 Å². The Morgan fingerprint density at radius 3 is 2.45 bits per heavy atom. The van der Waals surface area contributed by atoms with E-state index in [0.717, 1.165) is 81.3 Å². The van der Waals surface area contributed by atoms with Crippen LogP contribution in [0.25, 0.3) is 39.0 Å². The Balaban J connectivity index is 1.67. The molecule has 1 aliphatic rings. The summed E-state index contributed by atoms with van der Waals surface area (Å²) in [6, 6.07) is 18.3. The molecule has 1 fully saturated rings. The van der Waals surface area contributed by atoms with Crippen molar-refractivity contribution in [2.75, 3.05) is 51.0 Å². The van der Waals surface area contributed by atoms with Crippen LogP contribution in [0.4, 0.5) is 11.4 Å². The first-order valence-electron chi connectivity index (χ1n) is 14.0. The van der Waals surface area contributed by atoms with Crippen molar-refractivity contribution in [3.8, 4) is 22.4 Å². The molecule has 0 saturated carbocycles. The van der Waals surface area contributed by atoms with Crippen molar-refractivity contribution < 1.29 is 0 Å². The van der Waals surface area contributed by atoms with E-state index in [1.807, 2.05) is 27.1 Å². The zero-order valence-corrected chi connectivity index (χ0v) is 24.8. The first kappa shape index (κ1) is 27.5. The van der Waals surface area contributed by atoms with E-state index >= 15 is 0 Å². The fraction of sp³-hybridized carbons (Fsp3) is 0.333. The van der Waals surface area contributed by atoms with E-state index in [1.54, 1.807) is 7.05 Å². The Morgan fingerprint density at radius 1 is 1.07 bits per heavy atom. The molecule has 40 heavy (non-hydrogen) atoms. The molecule has 7 nitrogen and oxygen atoms in total. The molecule has 1 atom stereocenters. The fourth-order valence-corrected chi connectivity index (χ4v) is 5.73. The molecule has 2 aromatic carbocycles. The second-order valence-electron chi connectivity index (χ2n) is 11.0. The molecule has 3 heterocycles. The van der Waals surface area contributed by atoms with Crippen LogP contribution >= 0.6 is 0 Å². The molecule has 7 heteroatoms. The van der Waals surface area contributed by atoms with Gasteiger partial charge in [0.15, 0.2) is 0 Å². The summed E-state index contributed by atoms with van der Waals surface area (Å²) in [5, 5.41) is 4.40. The van der Waals surface area contributed by atoms with Crippen molar-refractivity contribution in [1.29, 1.82) is 0 Å². The van der Waals surface area contributed by atoms with Gasteiger partial charge in [-0.05, 0) is 75.7 Å². The van der Waals surface area contributed by atoms with Crippen LogP contribution in [-0.2, 0) is 0 Å². The number of allylic oxidation sites excluding steroid dienone is 2. The number of benzene rings is 2. The molecule has 208 valence electrons. The van der Waals surface area contributed by atoms with Gasteiger partial charge in [0.1, 0.15) is 5.65 Å². The number of likely N-dealkylation sites (N-methyl/N-ethyl adjacent to an activating group) is 1. The standard InChI is InChI=1S/C33H41N7/c1-20-8-9-25(17-29(20)36-6)31-28-16-26(30(22(3)34)23(4)35-5)18-37-33(28)38-32(31)24-10-12-27(13-11-24)40-15-14-39(7)21(2)19-40/h8-13,16-18,21,36H,14-15,19,34H2,1-7H3,(H,37,38)/b30-22+,35-23?/t21-/m1/s1. The maximum Gasteiger partial charge on any atom is 0.138 e. The third-order valence-electron chi connectivity index (χ3n) is 8.31. The van der Waals surface area contributed by atoms with Gasteiger partial charge in [0.2, 0.25) is 0 Å². The highest BCUT2D eigenvalue weighted by molar-refractivity contribution is 6.24. The van der Waals surface area contributed by atoms with Crippen LogP contribution in [0.2, 0.25) is 0 Å². The monoisotopic (exact) mass is 535 g/mol. The smallest absolute Gasteiger partial charge is 0.138 e. The molecule has 1 aliphatic heterocycles. The Kier molecular flexibility index (Phi) is 7.68. The Morgan fingerprint density at radius 2 is 1.80 bits per heavy atom. The largest absolute Gasteiger partial charge is 0.402 e. The molecular weight excluding hydrogens is 494 g/mol. The molecule has 5 rings (SSSR count). The van der Waals surface area contributed by atoms with E-state index in [9.17, 15) is 0 Å². The number of fused-ring (bicyclic) bond motifs is 1. The molecule has 4 N–H and O–H groups in total. The zero-order valence-electron chi connectivity index (χ0n) is 24.8. The van der Waals surface area contributed by atoms with Gasteiger partial charge in [0, 0.05) is 90.8 Å². The topological polar surface area (TPSA) is 85.6 Å². The van der Waals surface area contributed by atoms with Crippen LogP contribution in [0, 0.1) is 6.92 Å². The maximum atomic E-state index is 6.33. The number of aryl methyl sites for hydroxylation is 1. The summed E-state index contributed by atoms with van der Waals surface area (Å²) in [5.41, 5.74) is 18.7. The van der Waals surface area contributed by atoms with Crippen LogP contribution in [0.3, 0.4) is 0 Å². The van der Waals surface area contributed by atoms with E-state index in [1.165, 1.54) is 11.3 Å². The number of H-pyrrole nitrogens is 1. The summed E-state index contributed by atoms with van der Waals surface area (Å²) in [6.07, 6.45) is 1.89. The highest BCUT2D eigenvalue weighted by Gasteiger charge is 2.22. The van der Waals surface area contributed by atoms with Crippen molar-refractivity contribution in [2.45, 2.75) is 33.7 Å². The van der Waals surface area contributed by atoms with Crippen molar-refractivity contribution in [3.05, 3.63) is 71.6 Å². The van der Waals surface area contributed by atoms with E-state index in [4.69, 9.17) is 10.7 Å². The number of aromatic amines is 1. The van der Waals surface area contributed by atoms with E-state index < -0.39 is 0 Å². The van der Waals surface area contributed by atoms with Crippen molar-refractivity contribution in [2.24, 2.45) is 10.7 Å². The Bertz CT molecular complexity index is 1590. The molecule has 0 radical (unpaired) electrons. The number of hydrogen-bond acceptors (Lipinski definition) is 6. The average molecular weight is 536 g/mol. The highest BCUT2D eigenvalue weighted by atomic mass is 15.3. The van der Waals surface area contributed by atoms with Crippen LogP contribution in [-0.4, -0.2) is 67.4 Å². The average Bonchev–Trinajstić information content (AvgIpc) is 3.33. The van der Waals surface area contributed by atoms with Gasteiger partial charge in [0.25, 0.3) is 0 Å². The van der Waals surface area contributed by atoms with Gasteiger partial charge in [-0.2, -0.15) is 0 Å². The number of aliphatic imine (C=N–C) groups is 1. The lowest BCUT2D eigenvalue weighted by molar-refractivity contribution is 0.234. The fourth-order valence-electron chi connectivity index (χ4n) is 5.73. The van der Waals surface area contributed by atoms with Crippen LogP contribution in [0.5, 0.6) is 0 Å². The van der Waals surface area contributed by atoms with Crippen molar-refractivity contribution >= 4 is 33.7 Å². The molecule has 0 aliphatic carbocycles. The summed E-state index contributed by atoms with van der Waals surface area (Å²) < 4.78 is 0. The zero-order chi connectivity index (χ0) is 28.6. The summed E-state index contributed by atoms with van der Waals surface area (Å²) in [6.45, 7) is 11.5. The predicted molar refractivity (Wildman–Crippen MR) is 171 cm³/mol. The summed E-state index contributed by atoms with van der Waals surface area (Å²) in [7, 11) is 5.96. The van der Waals surface area contributed by atoms with Crippen molar-refractivity contribution in [3.63, 3.8) is 0 Å². The first-order chi connectivity index (χ1) is 19.2. The molecule has 1 saturated heterocycles. The predicted octanol–water partition coefficient (Wildman–Crippen LogP) is 6.17. The van der Waals surface area contributed by atoms with E-state index in [2.05, 4.69) is 94.5 Å². The SMILES string of the molecule is CN=C(C)/C(=C(/C)N)c1cnc2[nH]c(-c3ccc(N4CCN(C)[C@H](C)C4)cc3)c(-c3ccc(C)c(NC)c3)c2c1. The van der Waals surface area contributed by atoms with Crippen LogP contribution in [0.1, 0.15) is 31.9 Å². The lowest BCUT2D eigenvalue weighted by atomic mass is 9.95. The second-order valence-corrected chi connectivity index (χ2v) is 11.0. The molecule has 0 bridgehead atoms.